The van der Waals surface area contributed by atoms with Gasteiger partial charge in [-0.1, -0.05) is 0 Å². The average Bonchev–Trinajstić information content (AvgIpc) is 3.32. The van der Waals surface area contributed by atoms with Crippen LogP contribution >= 0.6 is 0 Å². The van der Waals surface area contributed by atoms with Gasteiger partial charge in [0.25, 0.3) is 5.91 Å². The maximum Gasteiger partial charge on any atom is 0.433 e. The number of nitrogens with zero attached hydrogens (tertiary/aromatic N) is 3. The monoisotopic (exact) mass is 446 g/mol. The molecule has 1 atom stereocenters. The Kier molecular flexibility index (Phi) is 4.87. The van der Waals surface area contributed by atoms with E-state index in [1.54, 1.807) is 6.20 Å². The van der Waals surface area contributed by atoms with Crippen molar-refractivity contribution in [1.29, 1.82) is 0 Å². The van der Waals surface area contributed by atoms with Crippen LogP contribution in [-0.4, -0.2) is 26.8 Å². The summed E-state index contributed by atoms with van der Waals surface area (Å²) in [4.78, 5) is 16.1. The summed E-state index contributed by atoms with van der Waals surface area (Å²) in [5, 5.41) is 7.24. The van der Waals surface area contributed by atoms with Crippen molar-refractivity contribution in [2.24, 2.45) is 0 Å². The van der Waals surface area contributed by atoms with Crippen LogP contribution in [0.5, 0.6) is 5.75 Å². The molecule has 2 aromatic heterocycles. The van der Waals surface area contributed by atoms with Crippen molar-refractivity contribution in [3.63, 3.8) is 0 Å². The van der Waals surface area contributed by atoms with E-state index >= 15 is 0 Å². The van der Waals surface area contributed by atoms with E-state index in [1.807, 2.05) is 0 Å². The Labute approximate surface area is 180 Å². The molecule has 1 N–H and O–H groups in total. The molecule has 1 unspecified atom stereocenters. The lowest BCUT2D eigenvalue weighted by Gasteiger charge is -2.14. The van der Waals surface area contributed by atoms with Crippen molar-refractivity contribution in [2.45, 2.75) is 44.0 Å². The molecule has 32 heavy (non-hydrogen) atoms. The molecule has 10 heteroatoms. The minimum absolute atomic E-state index is 0.0713. The molecule has 5 rings (SSSR count). The number of aromatic nitrogens is 3. The number of rotatable bonds is 5. The van der Waals surface area contributed by atoms with Gasteiger partial charge in [-0.05, 0) is 49.9 Å². The molecule has 0 aliphatic heterocycles. The van der Waals surface area contributed by atoms with Gasteiger partial charge in [-0.15, -0.1) is 0 Å². The van der Waals surface area contributed by atoms with Crippen LogP contribution in [-0.2, 0) is 12.6 Å². The topological polar surface area (TPSA) is 69.0 Å². The first-order chi connectivity index (χ1) is 15.3. The van der Waals surface area contributed by atoms with Crippen LogP contribution in [0, 0.1) is 5.82 Å². The molecule has 2 heterocycles. The molecule has 1 aromatic carbocycles. The van der Waals surface area contributed by atoms with Gasteiger partial charge < -0.3 is 10.1 Å². The molecular weight excluding hydrogens is 428 g/mol. The third-order valence-corrected chi connectivity index (χ3v) is 5.43. The second-order valence-corrected chi connectivity index (χ2v) is 7.93. The van der Waals surface area contributed by atoms with Gasteiger partial charge in [0.2, 0.25) is 0 Å². The van der Waals surface area contributed by atoms with E-state index in [0.717, 1.165) is 36.7 Å². The van der Waals surface area contributed by atoms with E-state index in [1.165, 1.54) is 22.9 Å². The lowest BCUT2D eigenvalue weighted by atomic mass is 10.1. The minimum atomic E-state index is -4.56. The Bertz CT molecular complexity index is 1190. The van der Waals surface area contributed by atoms with Crippen molar-refractivity contribution in [3.05, 3.63) is 71.1 Å². The summed E-state index contributed by atoms with van der Waals surface area (Å²) in [6.45, 7) is 0. The van der Waals surface area contributed by atoms with Crippen LogP contribution in [0.15, 0.2) is 42.7 Å². The summed E-state index contributed by atoms with van der Waals surface area (Å²) in [6, 6.07) is 5.86. The van der Waals surface area contributed by atoms with Gasteiger partial charge in [0.15, 0.2) is 0 Å². The van der Waals surface area contributed by atoms with Crippen LogP contribution in [0.1, 0.15) is 52.6 Å². The number of fused-ring (bicyclic) bond motifs is 1. The summed E-state index contributed by atoms with van der Waals surface area (Å²) in [7, 11) is 0. The van der Waals surface area contributed by atoms with Crippen molar-refractivity contribution < 1.29 is 27.1 Å². The molecule has 0 saturated heterocycles. The minimum Gasteiger partial charge on any atom is -0.490 e. The van der Waals surface area contributed by atoms with Crippen LogP contribution < -0.4 is 10.1 Å². The van der Waals surface area contributed by atoms with Gasteiger partial charge in [-0.25, -0.2) is 9.07 Å². The molecule has 0 spiro atoms. The van der Waals surface area contributed by atoms with Gasteiger partial charge in [0, 0.05) is 29.6 Å². The van der Waals surface area contributed by atoms with Crippen molar-refractivity contribution in [3.8, 4) is 11.4 Å². The van der Waals surface area contributed by atoms with Gasteiger partial charge in [0.05, 0.1) is 23.5 Å². The first-order valence-corrected chi connectivity index (χ1v) is 10.2. The SMILES string of the molecule is O=C(NC1CCc2nn(-c3ccnc(C(F)(F)F)c3)cc21)c1cc(F)cc(OC2CC2)c1. The van der Waals surface area contributed by atoms with Crippen molar-refractivity contribution >= 4 is 5.91 Å². The quantitative estimate of drug-likeness (QED) is 0.591. The number of alkyl halides is 3. The summed E-state index contributed by atoms with van der Waals surface area (Å²) < 4.78 is 59.8. The molecule has 166 valence electrons. The lowest BCUT2D eigenvalue weighted by molar-refractivity contribution is -0.141. The predicted molar refractivity (Wildman–Crippen MR) is 105 cm³/mol. The third kappa shape index (κ3) is 4.17. The zero-order valence-electron chi connectivity index (χ0n) is 16.7. The van der Waals surface area contributed by atoms with E-state index in [4.69, 9.17) is 4.74 Å². The Hall–Kier alpha value is -3.43. The number of benzene rings is 1. The van der Waals surface area contributed by atoms with E-state index in [0.29, 0.717) is 24.3 Å². The number of hydrogen-bond donors (Lipinski definition) is 1. The fourth-order valence-electron chi connectivity index (χ4n) is 3.73. The Morgan fingerprint density at radius 1 is 1.16 bits per heavy atom. The van der Waals surface area contributed by atoms with Crippen LogP contribution in [0.2, 0.25) is 0 Å². The van der Waals surface area contributed by atoms with E-state index < -0.39 is 23.6 Å². The highest BCUT2D eigenvalue weighted by atomic mass is 19.4. The number of carbonyl (C=O) groups excluding carboxylic acids is 1. The summed E-state index contributed by atoms with van der Waals surface area (Å²) in [5.74, 6) is -0.707. The van der Waals surface area contributed by atoms with Crippen molar-refractivity contribution in [2.75, 3.05) is 0 Å². The van der Waals surface area contributed by atoms with Gasteiger partial charge in [-0.2, -0.15) is 18.3 Å². The largest absolute Gasteiger partial charge is 0.490 e. The Balaban J connectivity index is 1.35. The second kappa shape index (κ2) is 7.61. The maximum absolute atomic E-state index is 14.0. The van der Waals surface area contributed by atoms with E-state index in [-0.39, 0.29) is 23.4 Å². The summed E-state index contributed by atoms with van der Waals surface area (Å²) in [6.07, 6.45) is 1.17. The molecule has 6 nitrogen and oxygen atoms in total. The second-order valence-electron chi connectivity index (χ2n) is 7.93. The average molecular weight is 446 g/mol. The molecule has 1 amide bonds. The maximum atomic E-state index is 14.0. The fourth-order valence-corrected chi connectivity index (χ4v) is 3.73. The number of aryl methyl sites for hydroxylation is 1. The first-order valence-electron chi connectivity index (χ1n) is 10.2. The number of halogens is 4. The molecule has 1 fully saturated rings. The molecule has 3 aromatic rings. The highest BCUT2D eigenvalue weighted by molar-refractivity contribution is 5.95. The smallest absolute Gasteiger partial charge is 0.433 e. The number of amides is 1. The molecule has 0 bridgehead atoms. The highest BCUT2D eigenvalue weighted by Gasteiger charge is 2.33. The fraction of sp³-hybridized carbons (Fsp3) is 0.318. The van der Waals surface area contributed by atoms with Gasteiger partial charge in [0.1, 0.15) is 17.3 Å². The zero-order valence-corrected chi connectivity index (χ0v) is 16.7. The zero-order chi connectivity index (χ0) is 22.5. The predicted octanol–water partition coefficient (Wildman–Crippen LogP) is 4.38. The number of nitrogens with one attached hydrogen (secondary N) is 1. The standard InChI is InChI=1S/C22H18F4N4O2/c23-13-7-12(8-16(9-13)32-15-1-2-15)21(31)28-18-3-4-19-17(18)11-30(29-19)14-5-6-27-20(10-14)22(24,25)26/h5-11,15,18H,1-4H2,(H,28,31). The van der Waals surface area contributed by atoms with Crippen LogP contribution in [0.3, 0.4) is 0 Å². The molecule has 0 radical (unpaired) electrons. The number of ether oxygens (including phenoxy) is 1. The van der Waals surface area contributed by atoms with Crippen molar-refractivity contribution in [1.82, 2.24) is 20.1 Å². The molecule has 2 aliphatic carbocycles. The first kappa shape index (κ1) is 20.5. The Morgan fingerprint density at radius 3 is 2.72 bits per heavy atom. The normalized spacial score (nSPS) is 17.8. The third-order valence-electron chi connectivity index (χ3n) is 5.43. The number of hydrogen-bond acceptors (Lipinski definition) is 4. The number of carbonyl (C=O) groups is 1. The Morgan fingerprint density at radius 2 is 1.97 bits per heavy atom. The highest BCUT2D eigenvalue weighted by Crippen LogP contribution is 2.33. The molecule has 2 aliphatic rings. The van der Waals surface area contributed by atoms with Crippen LogP contribution in [0.4, 0.5) is 17.6 Å². The molecular formula is C22H18F4N4O2. The molecule has 1 saturated carbocycles. The van der Waals surface area contributed by atoms with Crippen LogP contribution in [0.25, 0.3) is 5.69 Å². The van der Waals surface area contributed by atoms with Gasteiger partial charge in [-0.3, -0.25) is 9.78 Å². The summed E-state index contributed by atoms with van der Waals surface area (Å²) >= 11 is 0. The number of pyridine rings is 1. The summed E-state index contributed by atoms with van der Waals surface area (Å²) in [5.41, 5.74) is 0.766. The van der Waals surface area contributed by atoms with E-state index in [2.05, 4.69) is 15.4 Å². The van der Waals surface area contributed by atoms with E-state index in [9.17, 15) is 22.4 Å². The van der Waals surface area contributed by atoms with Gasteiger partial charge >= 0.3 is 6.18 Å². The lowest BCUT2D eigenvalue weighted by Crippen LogP contribution is -2.27.